The maximum atomic E-state index is 12.1. The molecule has 1 rings (SSSR count). The van der Waals surface area contributed by atoms with Gasteiger partial charge in [-0.1, -0.05) is 11.6 Å². The van der Waals surface area contributed by atoms with E-state index < -0.39 is 17.2 Å². The Labute approximate surface area is 95.1 Å². The highest BCUT2D eigenvalue weighted by Gasteiger charge is 2.36. The highest BCUT2D eigenvalue weighted by atomic mass is 127. The lowest BCUT2D eigenvalue weighted by Gasteiger charge is -2.05. The molecule has 1 aromatic rings. The van der Waals surface area contributed by atoms with Gasteiger partial charge in [0.25, 0.3) is 0 Å². The Morgan fingerprint density at radius 2 is 1.93 bits per heavy atom. The third kappa shape index (κ3) is 2.24. The summed E-state index contributed by atoms with van der Waals surface area (Å²) in [5.41, 5.74) is -0.153. The number of halogens is 5. The summed E-state index contributed by atoms with van der Waals surface area (Å²) >= 11 is 6.86. The second-order valence-electron chi connectivity index (χ2n) is 2.11. The fourth-order valence-corrected chi connectivity index (χ4v) is 1.60. The van der Waals surface area contributed by atoms with Crippen LogP contribution in [0.3, 0.4) is 0 Å². The van der Waals surface area contributed by atoms with Crippen molar-refractivity contribution in [1.29, 1.82) is 5.26 Å². The third-order valence-electron chi connectivity index (χ3n) is 1.19. The van der Waals surface area contributed by atoms with E-state index in [1.54, 1.807) is 6.07 Å². The summed E-state index contributed by atoms with van der Waals surface area (Å²) in [6, 6.07) is 1.61. The van der Waals surface area contributed by atoms with Crippen LogP contribution in [0.25, 0.3) is 0 Å². The Balaban J connectivity index is 3.37. The summed E-state index contributed by atoms with van der Waals surface area (Å²) in [4.78, 5) is 6.10. The van der Waals surface area contributed by atoms with Gasteiger partial charge in [-0.3, -0.25) is 0 Å². The second kappa shape index (κ2) is 3.86. The number of rotatable bonds is 0. The van der Waals surface area contributed by atoms with Gasteiger partial charge in [0.1, 0.15) is 15.3 Å². The van der Waals surface area contributed by atoms with Gasteiger partial charge < -0.3 is 0 Å². The molecule has 0 aliphatic rings. The normalized spacial score (nSPS) is 11.1. The average Bonchev–Trinajstić information content (AvgIpc) is 2.01. The van der Waals surface area contributed by atoms with Gasteiger partial charge in [-0.25, -0.2) is 9.97 Å². The molecule has 1 aromatic heterocycles. The molecule has 0 spiro atoms. The zero-order valence-electron chi connectivity index (χ0n) is 6.23. The van der Waals surface area contributed by atoms with Gasteiger partial charge in [-0.2, -0.15) is 18.4 Å². The van der Waals surface area contributed by atoms with E-state index in [4.69, 9.17) is 16.9 Å². The van der Waals surface area contributed by atoms with E-state index in [-0.39, 0.29) is 9.26 Å². The number of alkyl halides is 3. The summed E-state index contributed by atoms with van der Waals surface area (Å²) < 4.78 is 36.2. The molecule has 0 N–H and O–H groups in total. The molecule has 14 heavy (non-hydrogen) atoms. The fourth-order valence-electron chi connectivity index (χ4n) is 0.627. The van der Waals surface area contributed by atoms with Gasteiger partial charge in [0.15, 0.2) is 5.15 Å². The van der Waals surface area contributed by atoms with E-state index in [0.29, 0.717) is 0 Å². The molecule has 0 aliphatic carbocycles. The van der Waals surface area contributed by atoms with Crippen LogP contribution in [0.1, 0.15) is 11.4 Å². The Hall–Kier alpha value is -0.620. The van der Waals surface area contributed by atoms with Gasteiger partial charge in [0.05, 0.1) is 0 Å². The van der Waals surface area contributed by atoms with Crippen molar-refractivity contribution in [3.05, 3.63) is 20.2 Å². The van der Waals surface area contributed by atoms with Crippen molar-refractivity contribution in [3.63, 3.8) is 0 Å². The molecule has 0 atom stereocenters. The summed E-state index contributed by atoms with van der Waals surface area (Å²) in [6.45, 7) is 0. The second-order valence-corrected chi connectivity index (χ2v) is 3.49. The summed E-state index contributed by atoms with van der Waals surface area (Å²) in [6.07, 6.45) is -4.66. The lowest BCUT2D eigenvalue weighted by molar-refractivity contribution is -0.145. The highest BCUT2D eigenvalue weighted by Crippen LogP contribution is 2.29. The van der Waals surface area contributed by atoms with Crippen LogP contribution in [-0.4, -0.2) is 9.97 Å². The molecule has 74 valence electrons. The van der Waals surface area contributed by atoms with Crippen LogP contribution in [0.2, 0.25) is 5.15 Å². The van der Waals surface area contributed by atoms with Gasteiger partial charge in [0.2, 0.25) is 5.82 Å². The standard InChI is InChI=1S/C6ClF3IN3/c7-3-2(1-12)4(11)14-5(13-3)6(8,9)10. The Morgan fingerprint density at radius 3 is 2.29 bits per heavy atom. The maximum Gasteiger partial charge on any atom is 0.451 e. The molecule has 0 fully saturated rings. The first kappa shape index (κ1) is 11.5. The predicted molar refractivity (Wildman–Crippen MR) is 49.5 cm³/mol. The van der Waals surface area contributed by atoms with E-state index in [1.807, 2.05) is 0 Å². The van der Waals surface area contributed by atoms with Crippen molar-refractivity contribution in [1.82, 2.24) is 9.97 Å². The zero-order valence-corrected chi connectivity index (χ0v) is 9.14. The molecule has 0 amide bonds. The Morgan fingerprint density at radius 1 is 1.36 bits per heavy atom. The van der Waals surface area contributed by atoms with Crippen LogP contribution in [0.5, 0.6) is 0 Å². The largest absolute Gasteiger partial charge is 0.451 e. The summed E-state index contributed by atoms with van der Waals surface area (Å²) in [5.74, 6) is -1.34. The molecule has 0 bridgehead atoms. The van der Waals surface area contributed by atoms with Crippen molar-refractivity contribution in [2.24, 2.45) is 0 Å². The minimum atomic E-state index is -4.66. The number of hydrogen-bond acceptors (Lipinski definition) is 3. The lowest BCUT2D eigenvalue weighted by atomic mass is 10.4. The van der Waals surface area contributed by atoms with Crippen LogP contribution in [0.15, 0.2) is 0 Å². The first-order valence-corrected chi connectivity index (χ1v) is 4.52. The van der Waals surface area contributed by atoms with Crippen LogP contribution in [0.4, 0.5) is 13.2 Å². The van der Waals surface area contributed by atoms with Gasteiger partial charge in [-0.15, -0.1) is 0 Å². The number of aromatic nitrogens is 2. The molecule has 0 unspecified atom stereocenters. The summed E-state index contributed by atoms with van der Waals surface area (Å²) in [5, 5.41) is 8.01. The van der Waals surface area contributed by atoms with E-state index >= 15 is 0 Å². The molecule has 3 nitrogen and oxygen atoms in total. The molecular formula is C6ClF3IN3. The Kier molecular flexibility index (Phi) is 3.16. The minimum absolute atomic E-state index is 0.113. The molecule has 0 radical (unpaired) electrons. The quantitative estimate of drug-likeness (QED) is 0.542. The van der Waals surface area contributed by atoms with Gasteiger partial charge in [-0.05, 0) is 22.6 Å². The van der Waals surface area contributed by atoms with Crippen molar-refractivity contribution < 1.29 is 13.2 Å². The summed E-state index contributed by atoms with van der Waals surface area (Å²) in [7, 11) is 0. The third-order valence-corrected chi connectivity index (χ3v) is 2.24. The van der Waals surface area contributed by atoms with Crippen LogP contribution in [0, 0.1) is 15.0 Å². The van der Waals surface area contributed by atoms with E-state index in [2.05, 4.69) is 9.97 Å². The molecule has 0 aromatic carbocycles. The number of hydrogen-bond donors (Lipinski definition) is 0. The smallest absolute Gasteiger partial charge is 0.217 e. The molecule has 0 saturated carbocycles. The van der Waals surface area contributed by atoms with Crippen molar-refractivity contribution in [2.45, 2.75) is 6.18 Å². The van der Waals surface area contributed by atoms with Crippen molar-refractivity contribution in [3.8, 4) is 6.07 Å². The highest BCUT2D eigenvalue weighted by molar-refractivity contribution is 14.1. The van der Waals surface area contributed by atoms with E-state index in [0.717, 1.165) is 0 Å². The SMILES string of the molecule is N#Cc1c(Cl)nc(C(F)(F)F)nc1I. The van der Waals surface area contributed by atoms with Crippen LogP contribution >= 0.6 is 34.2 Å². The van der Waals surface area contributed by atoms with E-state index in [9.17, 15) is 13.2 Å². The van der Waals surface area contributed by atoms with Crippen LogP contribution < -0.4 is 0 Å². The van der Waals surface area contributed by atoms with Crippen molar-refractivity contribution >= 4 is 34.2 Å². The Bertz CT molecular complexity index is 389. The molecule has 8 heteroatoms. The van der Waals surface area contributed by atoms with E-state index in [1.165, 1.54) is 22.6 Å². The maximum absolute atomic E-state index is 12.1. The number of nitriles is 1. The van der Waals surface area contributed by atoms with Gasteiger partial charge >= 0.3 is 6.18 Å². The monoisotopic (exact) mass is 333 g/mol. The predicted octanol–water partition coefficient (Wildman–Crippen LogP) is 2.63. The molecule has 0 saturated heterocycles. The topological polar surface area (TPSA) is 49.6 Å². The number of nitrogens with zero attached hydrogens (tertiary/aromatic N) is 3. The minimum Gasteiger partial charge on any atom is -0.217 e. The molecular weight excluding hydrogens is 333 g/mol. The van der Waals surface area contributed by atoms with Crippen LogP contribution in [-0.2, 0) is 6.18 Å². The first-order valence-electron chi connectivity index (χ1n) is 3.06. The molecule has 1 heterocycles. The zero-order chi connectivity index (χ0) is 10.9. The molecule has 0 aliphatic heterocycles. The average molecular weight is 333 g/mol. The first-order chi connectivity index (χ1) is 6.36. The lowest BCUT2D eigenvalue weighted by Crippen LogP contribution is -2.13. The fraction of sp³-hybridized carbons (Fsp3) is 0.167. The van der Waals surface area contributed by atoms with Crippen molar-refractivity contribution in [2.75, 3.05) is 0 Å². The van der Waals surface area contributed by atoms with Gasteiger partial charge in [0, 0.05) is 0 Å².